The number of ketones is 1. The van der Waals surface area contributed by atoms with Crippen LogP contribution in [0.3, 0.4) is 0 Å². The van der Waals surface area contributed by atoms with Gasteiger partial charge in [-0.15, -0.1) is 0 Å². The molecule has 4 aromatic rings. The summed E-state index contributed by atoms with van der Waals surface area (Å²) in [6.07, 6.45) is 1.57. The van der Waals surface area contributed by atoms with Gasteiger partial charge in [0, 0.05) is 48.9 Å². The van der Waals surface area contributed by atoms with E-state index in [4.69, 9.17) is 4.74 Å². The average molecular weight is 493 g/mol. The highest BCUT2D eigenvalue weighted by Crippen LogP contribution is 2.24. The Morgan fingerprint density at radius 1 is 0.811 bits per heavy atom. The Morgan fingerprint density at radius 3 is 2.16 bits per heavy atom. The van der Waals surface area contributed by atoms with E-state index in [1.54, 1.807) is 49.8 Å². The molecular weight excluding hydrogens is 464 g/mol. The number of aromatic nitrogens is 2. The minimum Gasteiger partial charge on any atom is -0.497 e. The summed E-state index contributed by atoms with van der Waals surface area (Å²) in [5.74, 6) is 1.34. The minimum absolute atomic E-state index is 0.127. The zero-order valence-corrected chi connectivity index (χ0v) is 20.9. The van der Waals surface area contributed by atoms with Gasteiger partial charge in [0.25, 0.3) is 5.91 Å². The molecule has 7 heteroatoms. The van der Waals surface area contributed by atoms with E-state index in [-0.39, 0.29) is 11.7 Å². The molecule has 37 heavy (non-hydrogen) atoms. The van der Waals surface area contributed by atoms with Crippen LogP contribution in [0.1, 0.15) is 31.8 Å². The van der Waals surface area contributed by atoms with Gasteiger partial charge >= 0.3 is 0 Å². The summed E-state index contributed by atoms with van der Waals surface area (Å²) in [4.78, 5) is 39.5. The molecule has 1 aromatic heterocycles. The third kappa shape index (κ3) is 5.21. The van der Waals surface area contributed by atoms with Crippen molar-refractivity contribution >= 4 is 17.5 Å². The van der Waals surface area contributed by atoms with E-state index in [0.29, 0.717) is 42.9 Å². The minimum atomic E-state index is -0.144. The van der Waals surface area contributed by atoms with Gasteiger partial charge in [-0.1, -0.05) is 48.0 Å². The Kier molecular flexibility index (Phi) is 6.94. The number of aryl methyl sites for hydroxylation is 1. The van der Waals surface area contributed by atoms with Crippen molar-refractivity contribution in [2.75, 3.05) is 38.2 Å². The number of carbonyl (C=O) groups is 2. The Hall–Kier alpha value is -4.52. The lowest BCUT2D eigenvalue weighted by molar-refractivity contribution is 0.0742. The second-order valence-electron chi connectivity index (χ2n) is 9.01. The average Bonchev–Trinajstić information content (AvgIpc) is 2.97. The van der Waals surface area contributed by atoms with Crippen molar-refractivity contribution in [1.29, 1.82) is 0 Å². The molecular formula is C30H28N4O3. The Labute approximate surface area is 216 Å². The molecule has 1 aliphatic heterocycles. The molecule has 0 spiro atoms. The van der Waals surface area contributed by atoms with Gasteiger partial charge in [-0.05, 0) is 37.3 Å². The van der Waals surface area contributed by atoms with Crippen LogP contribution in [0.15, 0.2) is 85.2 Å². The van der Waals surface area contributed by atoms with Crippen LogP contribution in [0.2, 0.25) is 0 Å². The summed E-state index contributed by atoms with van der Waals surface area (Å²) in [5.41, 5.74) is 4.33. The summed E-state index contributed by atoms with van der Waals surface area (Å²) in [5, 5.41) is 0. The van der Waals surface area contributed by atoms with Crippen LogP contribution in [-0.2, 0) is 0 Å². The quantitative estimate of drug-likeness (QED) is 0.365. The zero-order valence-electron chi connectivity index (χ0n) is 20.9. The molecule has 1 fully saturated rings. The fourth-order valence-corrected chi connectivity index (χ4v) is 4.48. The molecule has 1 amide bonds. The van der Waals surface area contributed by atoms with Crippen LogP contribution in [0.25, 0.3) is 11.3 Å². The molecule has 1 saturated heterocycles. The van der Waals surface area contributed by atoms with Gasteiger partial charge in [0.1, 0.15) is 17.9 Å². The van der Waals surface area contributed by atoms with Crippen molar-refractivity contribution in [1.82, 2.24) is 14.9 Å². The number of amides is 1. The molecule has 0 aliphatic carbocycles. The second kappa shape index (κ2) is 10.6. The van der Waals surface area contributed by atoms with Crippen molar-refractivity contribution in [3.63, 3.8) is 0 Å². The highest BCUT2D eigenvalue weighted by molar-refractivity contribution is 6.15. The van der Waals surface area contributed by atoms with Crippen LogP contribution < -0.4 is 9.64 Å². The van der Waals surface area contributed by atoms with Gasteiger partial charge in [-0.2, -0.15) is 0 Å². The van der Waals surface area contributed by atoms with Crippen molar-refractivity contribution < 1.29 is 14.3 Å². The highest BCUT2D eigenvalue weighted by atomic mass is 16.5. The number of nitrogens with zero attached hydrogens (tertiary/aromatic N) is 4. The van der Waals surface area contributed by atoms with Gasteiger partial charge in [-0.3, -0.25) is 9.59 Å². The van der Waals surface area contributed by atoms with E-state index in [9.17, 15) is 9.59 Å². The van der Waals surface area contributed by atoms with E-state index in [2.05, 4.69) is 14.9 Å². The fourth-order valence-electron chi connectivity index (χ4n) is 4.48. The molecule has 0 unspecified atom stereocenters. The summed E-state index contributed by atoms with van der Waals surface area (Å²) in [7, 11) is 1.64. The van der Waals surface area contributed by atoms with Crippen molar-refractivity contribution in [2.24, 2.45) is 0 Å². The standard InChI is InChI=1S/C30H28N4O3/c1-21-7-9-23(10-8-21)29(35)25-5-3-4-6-26(25)30(36)34-17-15-33(16-18-34)28-19-27(31-20-32-28)22-11-13-24(37-2)14-12-22/h3-14,19-20H,15-18H2,1-2H3. The molecule has 0 atom stereocenters. The second-order valence-corrected chi connectivity index (χ2v) is 9.01. The smallest absolute Gasteiger partial charge is 0.254 e. The molecule has 3 aromatic carbocycles. The summed E-state index contributed by atoms with van der Waals surface area (Å²) in [6.45, 7) is 4.33. The van der Waals surface area contributed by atoms with Crippen LogP contribution in [0.5, 0.6) is 5.75 Å². The fraction of sp³-hybridized carbons (Fsp3) is 0.200. The first kappa shape index (κ1) is 24.2. The van der Waals surface area contributed by atoms with Gasteiger partial charge in [0.2, 0.25) is 0 Å². The topological polar surface area (TPSA) is 75.6 Å². The maximum absolute atomic E-state index is 13.5. The number of rotatable bonds is 6. The zero-order chi connectivity index (χ0) is 25.8. The summed E-state index contributed by atoms with van der Waals surface area (Å²) in [6, 6.07) is 24.2. The SMILES string of the molecule is COc1ccc(-c2cc(N3CCN(C(=O)c4ccccc4C(=O)c4ccc(C)cc4)CC3)ncn2)cc1. The van der Waals surface area contributed by atoms with E-state index in [1.165, 1.54) is 0 Å². The Morgan fingerprint density at radius 2 is 1.49 bits per heavy atom. The van der Waals surface area contributed by atoms with Crippen molar-refractivity contribution in [3.8, 4) is 17.0 Å². The maximum atomic E-state index is 13.5. The lowest BCUT2D eigenvalue weighted by atomic mass is 9.97. The predicted octanol–water partition coefficient (Wildman–Crippen LogP) is 4.65. The van der Waals surface area contributed by atoms with E-state index in [0.717, 1.165) is 28.4 Å². The summed E-state index contributed by atoms with van der Waals surface area (Å²) >= 11 is 0. The molecule has 2 heterocycles. The lowest BCUT2D eigenvalue weighted by Gasteiger charge is -2.35. The van der Waals surface area contributed by atoms with Crippen LogP contribution >= 0.6 is 0 Å². The first-order chi connectivity index (χ1) is 18.0. The normalized spacial score (nSPS) is 13.4. The molecule has 0 saturated carbocycles. The first-order valence-electron chi connectivity index (χ1n) is 12.2. The van der Waals surface area contributed by atoms with Crippen molar-refractivity contribution in [2.45, 2.75) is 6.92 Å². The van der Waals surface area contributed by atoms with Gasteiger partial charge in [0.05, 0.1) is 18.4 Å². The lowest BCUT2D eigenvalue weighted by Crippen LogP contribution is -2.49. The van der Waals surface area contributed by atoms with Crippen LogP contribution in [0.4, 0.5) is 5.82 Å². The number of methoxy groups -OCH3 is 1. The van der Waals surface area contributed by atoms with Gasteiger partial charge < -0.3 is 14.5 Å². The largest absolute Gasteiger partial charge is 0.497 e. The molecule has 1 aliphatic rings. The van der Waals surface area contributed by atoms with Gasteiger partial charge in [-0.25, -0.2) is 9.97 Å². The Bertz CT molecular complexity index is 1410. The molecule has 0 N–H and O–H groups in total. The molecule has 186 valence electrons. The van der Waals surface area contributed by atoms with Gasteiger partial charge in [0.15, 0.2) is 5.78 Å². The predicted molar refractivity (Wildman–Crippen MR) is 143 cm³/mol. The molecule has 7 nitrogen and oxygen atoms in total. The monoisotopic (exact) mass is 492 g/mol. The molecule has 0 bridgehead atoms. The van der Waals surface area contributed by atoms with E-state index >= 15 is 0 Å². The third-order valence-corrected chi connectivity index (χ3v) is 6.65. The number of hydrogen-bond acceptors (Lipinski definition) is 6. The Balaban J connectivity index is 1.28. The van der Waals surface area contributed by atoms with Crippen molar-refractivity contribution in [3.05, 3.63) is 107 Å². The number of piperazine rings is 1. The number of ether oxygens (including phenoxy) is 1. The highest BCUT2D eigenvalue weighted by Gasteiger charge is 2.26. The molecule has 5 rings (SSSR count). The molecule has 0 radical (unpaired) electrons. The maximum Gasteiger partial charge on any atom is 0.254 e. The number of anilines is 1. The number of benzene rings is 3. The third-order valence-electron chi connectivity index (χ3n) is 6.65. The first-order valence-corrected chi connectivity index (χ1v) is 12.2. The van der Waals surface area contributed by atoms with Crippen LogP contribution in [0, 0.1) is 6.92 Å². The van der Waals surface area contributed by atoms with Crippen LogP contribution in [-0.4, -0.2) is 59.8 Å². The van der Waals surface area contributed by atoms with E-state index in [1.807, 2.05) is 54.3 Å². The summed E-state index contributed by atoms with van der Waals surface area (Å²) < 4.78 is 5.24. The number of hydrogen-bond donors (Lipinski definition) is 0. The van der Waals surface area contributed by atoms with E-state index < -0.39 is 0 Å². The number of carbonyl (C=O) groups excluding carboxylic acids is 2.